The van der Waals surface area contributed by atoms with Gasteiger partial charge in [-0.25, -0.2) is 14.8 Å². The zero-order chi connectivity index (χ0) is 17.6. The largest absolute Gasteiger partial charge is 0.465 e. The number of anilines is 1. The van der Waals surface area contributed by atoms with Gasteiger partial charge in [-0.1, -0.05) is 0 Å². The number of halogens is 3. The van der Waals surface area contributed by atoms with E-state index in [1.165, 1.54) is 0 Å². The maximum absolute atomic E-state index is 12.9. The summed E-state index contributed by atoms with van der Waals surface area (Å²) in [5, 5.41) is 1.95. The number of aldehydes is 1. The van der Waals surface area contributed by atoms with Crippen molar-refractivity contribution in [3.05, 3.63) is 29.1 Å². The third-order valence-electron chi connectivity index (χ3n) is 2.47. The van der Waals surface area contributed by atoms with E-state index in [1.54, 1.807) is 0 Å². The van der Waals surface area contributed by atoms with Crippen molar-refractivity contribution in [3.63, 3.8) is 0 Å². The van der Waals surface area contributed by atoms with Gasteiger partial charge in [0.1, 0.15) is 11.8 Å². The zero-order valence-electron chi connectivity index (χ0n) is 11.7. The highest BCUT2D eigenvalue weighted by Crippen LogP contribution is 2.31. The fraction of sp³-hybridized carbons (Fsp3) is 0.250. The molecule has 1 amide bonds. The van der Waals surface area contributed by atoms with E-state index in [4.69, 9.17) is 5.73 Å². The lowest BCUT2D eigenvalue weighted by Gasteiger charge is -2.12. The molecule has 0 bridgehead atoms. The van der Waals surface area contributed by atoms with Crippen LogP contribution in [0.4, 0.5) is 19.1 Å². The SMILES string of the molecule is COC(=O)c1cnc(NC(=O)/C(=C\C=O)CN)nc1C(F)(F)F. The molecule has 0 aliphatic heterocycles. The molecule has 0 fully saturated rings. The molecule has 0 saturated heterocycles. The Bertz CT molecular complexity index is 658. The monoisotopic (exact) mass is 332 g/mol. The molecule has 0 saturated carbocycles. The van der Waals surface area contributed by atoms with Gasteiger partial charge in [-0.2, -0.15) is 13.2 Å². The van der Waals surface area contributed by atoms with Crippen LogP contribution in [0.15, 0.2) is 17.8 Å². The third kappa shape index (κ3) is 4.57. The lowest BCUT2D eigenvalue weighted by molar-refractivity contribution is -0.141. The number of nitrogens with two attached hydrogens (primary N) is 1. The number of hydrogen-bond donors (Lipinski definition) is 2. The molecule has 23 heavy (non-hydrogen) atoms. The van der Waals surface area contributed by atoms with Crippen LogP contribution >= 0.6 is 0 Å². The maximum Gasteiger partial charge on any atom is 0.434 e. The van der Waals surface area contributed by atoms with Crippen LogP contribution in [-0.2, 0) is 20.5 Å². The zero-order valence-corrected chi connectivity index (χ0v) is 11.7. The number of aromatic nitrogens is 2. The summed E-state index contributed by atoms with van der Waals surface area (Å²) in [6, 6.07) is 0. The fourth-order valence-electron chi connectivity index (χ4n) is 1.42. The summed E-state index contributed by atoms with van der Waals surface area (Å²) in [5.74, 6) is -2.93. The van der Waals surface area contributed by atoms with Crippen LogP contribution in [0.5, 0.6) is 0 Å². The molecule has 0 radical (unpaired) electrons. The van der Waals surface area contributed by atoms with E-state index < -0.39 is 35.3 Å². The number of amides is 1. The first kappa shape index (κ1) is 18.2. The van der Waals surface area contributed by atoms with Gasteiger partial charge in [-0.15, -0.1) is 0 Å². The molecule has 0 aliphatic rings. The standard InChI is InChI=1S/C12H11F3N4O4/c1-23-10(22)7-5-17-11(18-8(7)12(13,14)15)19-9(21)6(4-16)2-3-20/h2-3,5H,4,16H2,1H3,(H,17,18,19,21)/b6-2-. The van der Waals surface area contributed by atoms with Crippen LogP contribution in [0.1, 0.15) is 16.1 Å². The molecule has 0 unspecified atom stereocenters. The Hall–Kier alpha value is -2.82. The minimum absolute atomic E-state index is 0.186. The number of rotatable bonds is 5. The third-order valence-corrected chi connectivity index (χ3v) is 2.47. The molecule has 1 rings (SSSR count). The Morgan fingerprint density at radius 1 is 1.43 bits per heavy atom. The van der Waals surface area contributed by atoms with E-state index in [0.717, 1.165) is 13.2 Å². The predicted octanol–water partition coefficient (Wildman–Crippen LogP) is 0.305. The summed E-state index contributed by atoms with van der Waals surface area (Å²) < 4.78 is 43.0. The lowest BCUT2D eigenvalue weighted by Crippen LogP contribution is -2.24. The summed E-state index contributed by atoms with van der Waals surface area (Å²) in [4.78, 5) is 39.9. The number of methoxy groups -OCH3 is 1. The first-order valence-electron chi connectivity index (χ1n) is 5.92. The van der Waals surface area contributed by atoms with E-state index in [-0.39, 0.29) is 12.1 Å². The van der Waals surface area contributed by atoms with Crippen LogP contribution in [0.3, 0.4) is 0 Å². The highest BCUT2D eigenvalue weighted by molar-refractivity contribution is 6.05. The maximum atomic E-state index is 12.9. The van der Waals surface area contributed by atoms with Crippen LogP contribution < -0.4 is 11.1 Å². The molecule has 11 heteroatoms. The van der Waals surface area contributed by atoms with Crippen molar-refractivity contribution in [2.45, 2.75) is 6.18 Å². The van der Waals surface area contributed by atoms with Gasteiger partial charge in [-0.3, -0.25) is 14.9 Å². The van der Waals surface area contributed by atoms with Crippen molar-refractivity contribution in [1.82, 2.24) is 9.97 Å². The first-order valence-corrected chi connectivity index (χ1v) is 5.92. The molecule has 1 aromatic heterocycles. The second-order valence-corrected chi connectivity index (χ2v) is 3.93. The Labute approximate surface area is 127 Å². The predicted molar refractivity (Wildman–Crippen MR) is 70.2 cm³/mol. The number of nitrogens with zero attached hydrogens (tertiary/aromatic N) is 2. The summed E-state index contributed by atoms with van der Waals surface area (Å²) in [7, 11) is 0.899. The average Bonchev–Trinajstić information content (AvgIpc) is 2.50. The topological polar surface area (TPSA) is 124 Å². The number of hydrogen-bond acceptors (Lipinski definition) is 7. The molecule has 0 atom stereocenters. The minimum atomic E-state index is -4.97. The number of carbonyl (C=O) groups excluding carboxylic acids is 3. The summed E-state index contributed by atoms with van der Waals surface area (Å²) in [6.07, 6.45) is -3.25. The summed E-state index contributed by atoms with van der Waals surface area (Å²) in [6.45, 7) is -0.322. The highest BCUT2D eigenvalue weighted by Gasteiger charge is 2.38. The molecule has 1 heterocycles. The Kier molecular flexibility index (Phi) is 5.90. The van der Waals surface area contributed by atoms with E-state index in [1.807, 2.05) is 5.32 Å². The van der Waals surface area contributed by atoms with Gasteiger partial charge in [-0.05, 0) is 6.08 Å². The molecular formula is C12H11F3N4O4. The van der Waals surface area contributed by atoms with Crippen molar-refractivity contribution in [2.24, 2.45) is 5.73 Å². The van der Waals surface area contributed by atoms with Gasteiger partial charge < -0.3 is 10.5 Å². The molecule has 3 N–H and O–H groups in total. The molecule has 0 spiro atoms. The van der Waals surface area contributed by atoms with E-state index in [9.17, 15) is 27.6 Å². The van der Waals surface area contributed by atoms with Crippen LogP contribution in [-0.4, -0.2) is 41.8 Å². The average molecular weight is 332 g/mol. The summed E-state index contributed by atoms with van der Waals surface area (Å²) >= 11 is 0. The van der Waals surface area contributed by atoms with Crippen molar-refractivity contribution in [1.29, 1.82) is 0 Å². The lowest BCUT2D eigenvalue weighted by atomic mass is 10.2. The highest BCUT2D eigenvalue weighted by atomic mass is 19.4. The van der Waals surface area contributed by atoms with Crippen LogP contribution in [0.2, 0.25) is 0 Å². The number of allylic oxidation sites excluding steroid dienone is 1. The van der Waals surface area contributed by atoms with Gasteiger partial charge in [0.05, 0.1) is 7.11 Å². The van der Waals surface area contributed by atoms with Gasteiger partial charge in [0.15, 0.2) is 5.69 Å². The number of nitrogens with one attached hydrogen (secondary N) is 1. The van der Waals surface area contributed by atoms with Gasteiger partial charge >= 0.3 is 12.1 Å². The molecular weight excluding hydrogens is 321 g/mol. The van der Waals surface area contributed by atoms with Crippen LogP contribution in [0.25, 0.3) is 0 Å². The normalized spacial score (nSPS) is 11.8. The van der Waals surface area contributed by atoms with Crippen molar-refractivity contribution < 1.29 is 32.3 Å². The van der Waals surface area contributed by atoms with E-state index in [2.05, 4.69) is 14.7 Å². The fourth-order valence-corrected chi connectivity index (χ4v) is 1.42. The Morgan fingerprint density at radius 2 is 2.09 bits per heavy atom. The van der Waals surface area contributed by atoms with Crippen molar-refractivity contribution in [2.75, 3.05) is 19.0 Å². The second kappa shape index (κ2) is 7.45. The number of alkyl halides is 3. The van der Waals surface area contributed by atoms with Crippen LogP contribution in [0, 0.1) is 0 Å². The van der Waals surface area contributed by atoms with Crippen molar-refractivity contribution >= 4 is 24.1 Å². The minimum Gasteiger partial charge on any atom is -0.465 e. The molecule has 0 aliphatic carbocycles. The van der Waals surface area contributed by atoms with Crippen molar-refractivity contribution in [3.8, 4) is 0 Å². The summed E-state index contributed by atoms with van der Waals surface area (Å²) in [5.41, 5.74) is 2.57. The molecule has 8 nitrogen and oxygen atoms in total. The molecule has 124 valence electrons. The second-order valence-electron chi connectivity index (χ2n) is 3.93. The van der Waals surface area contributed by atoms with Gasteiger partial charge in [0, 0.05) is 18.3 Å². The van der Waals surface area contributed by atoms with Gasteiger partial charge in [0.2, 0.25) is 5.95 Å². The van der Waals surface area contributed by atoms with E-state index in [0.29, 0.717) is 12.5 Å². The Morgan fingerprint density at radius 3 is 2.57 bits per heavy atom. The Balaban J connectivity index is 3.21. The number of ether oxygens (including phenoxy) is 1. The smallest absolute Gasteiger partial charge is 0.434 e. The number of esters is 1. The van der Waals surface area contributed by atoms with E-state index >= 15 is 0 Å². The first-order chi connectivity index (χ1) is 10.7. The molecule has 1 aromatic rings. The number of carbonyl (C=O) groups is 3. The van der Waals surface area contributed by atoms with Gasteiger partial charge in [0.25, 0.3) is 5.91 Å². The quantitative estimate of drug-likeness (QED) is 0.451. The molecule has 0 aromatic carbocycles.